The monoisotopic (exact) mass is 287 g/mol. The third kappa shape index (κ3) is 2.84. The number of imidazole rings is 1. The molecule has 1 saturated heterocycles. The van der Waals surface area contributed by atoms with E-state index in [4.69, 9.17) is 0 Å². The minimum atomic E-state index is 0.0719. The molecule has 6 nitrogen and oxygen atoms in total. The normalized spacial score (nSPS) is 19.0. The van der Waals surface area contributed by atoms with Crippen molar-refractivity contribution >= 4 is 5.91 Å². The number of piperidine rings is 1. The van der Waals surface area contributed by atoms with E-state index in [1.165, 1.54) is 0 Å². The number of nitrogens with one attached hydrogen (secondary N) is 1. The van der Waals surface area contributed by atoms with Gasteiger partial charge in [-0.25, -0.2) is 4.98 Å². The minimum Gasteiger partial charge on any atom is -0.346 e. The summed E-state index contributed by atoms with van der Waals surface area (Å²) in [4.78, 5) is 22.2. The molecule has 3 heterocycles. The maximum Gasteiger partial charge on any atom is 0.257 e. The first-order valence-corrected chi connectivity index (χ1v) is 7.50. The molecule has 6 heteroatoms. The zero-order valence-corrected chi connectivity index (χ0v) is 12.5. The Morgan fingerprint density at radius 2 is 2.33 bits per heavy atom. The summed E-state index contributed by atoms with van der Waals surface area (Å²) in [6.45, 7) is 6.33. The van der Waals surface area contributed by atoms with Crippen LogP contribution in [0.15, 0.2) is 18.6 Å². The second-order valence-electron chi connectivity index (χ2n) is 5.63. The first-order valence-electron chi connectivity index (χ1n) is 7.50. The van der Waals surface area contributed by atoms with Gasteiger partial charge in [-0.2, -0.15) is 5.10 Å². The Labute approximate surface area is 124 Å². The minimum absolute atomic E-state index is 0.0719. The molecule has 2 aromatic heterocycles. The van der Waals surface area contributed by atoms with Gasteiger partial charge in [-0.05, 0) is 26.7 Å². The van der Waals surface area contributed by atoms with Gasteiger partial charge in [-0.1, -0.05) is 0 Å². The van der Waals surface area contributed by atoms with Crippen LogP contribution in [0.25, 0.3) is 0 Å². The number of hydrogen-bond donors (Lipinski definition) is 1. The van der Waals surface area contributed by atoms with Gasteiger partial charge in [0.05, 0.1) is 11.8 Å². The second-order valence-corrected chi connectivity index (χ2v) is 5.63. The molecule has 1 atom stereocenters. The molecule has 0 bridgehead atoms. The van der Waals surface area contributed by atoms with Gasteiger partial charge in [-0.15, -0.1) is 0 Å². The number of nitrogens with zero attached hydrogens (tertiary/aromatic N) is 4. The molecule has 0 spiro atoms. The maximum absolute atomic E-state index is 12.6. The van der Waals surface area contributed by atoms with Crippen molar-refractivity contribution in [3.05, 3.63) is 35.7 Å². The Morgan fingerprint density at radius 3 is 3.00 bits per heavy atom. The number of likely N-dealkylation sites (tertiary alicyclic amines) is 1. The Bertz CT molecular complexity index is 630. The van der Waals surface area contributed by atoms with Gasteiger partial charge in [0.1, 0.15) is 5.82 Å². The summed E-state index contributed by atoms with van der Waals surface area (Å²) in [5.41, 5.74) is 1.74. The Morgan fingerprint density at radius 1 is 1.48 bits per heavy atom. The molecule has 1 aliphatic heterocycles. The van der Waals surface area contributed by atoms with E-state index in [1.54, 1.807) is 10.9 Å². The summed E-state index contributed by atoms with van der Waals surface area (Å²) < 4.78 is 1.78. The zero-order valence-electron chi connectivity index (χ0n) is 12.5. The number of carbonyl (C=O) groups is 1. The number of aromatic amines is 1. The average molecular weight is 287 g/mol. The van der Waals surface area contributed by atoms with Crippen LogP contribution >= 0.6 is 0 Å². The molecular weight excluding hydrogens is 266 g/mol. The summed E-state index contributed by atoms with van der Waals surface area (Å²) in [7, 11) is 0. The number of rotatable bonds is 3. The fraction of sp³-hybridized carbons (Fsp3) is 0.533. The average Bonchev–Trinajstić information content (AvgIpc) is 3.15. The molecular formula is C15H21N5O. The van der Waals surface area contributed by atoms with E-state index >= 15 is 0 Å². The standard InChI is InChI=1S/C15H21N5O/c1-3-20-10-13(8-17-20)15(21)19-6-4-5-12(9-19)14-16-7-11(2)18-14/h7-8,10,12H,3-6,9H2,1-2H3,(H,16,18). The number of H-pyrrole nitrogens is 1. The van der Waals surface area contributed by atoms with Gasteiger partial charge < -0.3 is 9.88 Å². The Hall–Kier alpha value is -2.11. The summed E-state index contributed by atoms with van der Waals surface area (Å²) in [5, 5.41) is 4.18. The van der Waals surface area contributed by atoms with Crippen molar-refractivity contribution < 1.29 is 4.79 Å². The molecule has 1 N–H and O–H groups in total. The van der Waals surface area contributed by atoms with Crippen LogP contribution in [-0.4, -0.2) is 43.6 Å². The number of amides is 1. The van der Waals surface area contributed by atoms with Gasteiger partial charge >= 0.3 is 0 Å². The lowest BCUT2D eigenvalue weighted by molar-refractivity contribution is 0.0704. The molecule has 1 fully saturated rings. The lowest BCUT2D eigenvalue weighted by atomic mass is 9.97. The van der Waals surface area contributed by atoms with Crippen molar-refractivity contribution in [2.45, 2.75) is 39.2 Å². The van der Waals surface area contributed by atoms with Crippen LogP contribution in [0.4, 0.5) is 0 Å². The van der Waals surface area contributed by atoms with E-state index in [9.17, 15) is 4.79 Å². The van der Waals surface area contributed by atoms with Crippen LogP contribution in [0.1, 0.15) is 47.6 Å². The summed E-state index contributed by atoms with van der Waals surface area (Å²) in [6.07, 6.45) is 7.42. The highest BCUT2D eigenvalue weighted by atomic mass is 16.2. The topological polar surface area (TPSA) is 66.8 Å². The SMILES string of the molecule is CCn1cc(C(=O)N2CCCC(c3ncc(C)[nH]3)C2)cn1. The van der Waals surface area contributed by atoms with Crippen LogP contribution in [0, 0.1) is 6.92 Å². The van der Waals surface area contributed by atoms with Crippen LogP contribution in [0.5, 0.6) is 0 Å². The van der Waals surface area contributed by atoms with Crippen molar-refractivity contribution in [1.29, 1.82) is 0 Å². The predicted octanol–water partition coefficient (Wildman–Crippen LogP) is 1.95. The van der Waals surface area contributed by atoms with E-state index in [0.29, 0.717) is 11.5 Å². The molecule has 2 aromatic rings. The zero-order chi connectivity index (χ0) is 14.8. The molecule has 0 radical (unpaired) electrons. The van der Waals surface area contributed by atoms with Gasteiger partial charge in [0.2, 0.25) is 0 Å². The summed E-state index contributed by atoms with van der Waals surface area (Å²) in [6, 6.07) is 0. The van der Waals surface area contributed by atoms with Crippen LogP contribution in [-0.2, 0) is 6.54 Å². The lowest BCUT2D eigenvalue weighted by Gasteiger charge is -2.31. The predicted molar refractivity (Wildman–Crippen MR) is 79.1 cm³/mol. The first-order chi connectivity index (χ1) is 10.2. The number of aromatic nitrogens is 4. The smallest absolute Gasteiger partial charge is 0.257 e. The molecule has 3 rings (SSSR count). The van der Waals surface area contributed by atoms with E-state index in [0.717, 1.165) is 44.0 Å². The quantitative estimate of drug-likeness (QED) is 0.938. The highest BCUT2D eigenvalue weighted by molar-refractivity contribution is 5.93. The largest absolute Gasteiger partial charge is 0.346 e. The number of aryl methyl sites for hydroxylation is 2. The highest BCUT2D eigenvalue weighted by Gasteiger charge is 2.27. The van der Waals surface area contributed by atoms with Gasteiger partial charge in [0.15, 0.2) is 0 Å². The van der Waals surface area contributed by atoms with E-state index in [1.807, 2.05) is 31.1 Å². The van der Waals surface area contributed by atoms with Crippen LogP contribution in [0.2, 0.25) is 0 Å². The fourth-order valence-electron chi connectivity index (χ4n) is 2.85. The molecule has 0 aromatic carbocycles. The highest BCUT2D eigenvalue weighted by Crippen LogP contribution is 2.25. The molecule has 1 aliphatic rings. The molecule has 21 heavy (non-hydrogen) atoms. The third-order valence-electron chi connectivity index (χ3n) is 4.02. The molecule has 0 saturated carbocycles. The van der Waals surface area contributed by atoms with E-state index < -0.39 is 0 Å². The Kier molecular flexibility index (Phi) is 3.77. The van der Waals surface area contributed by atoms with Crippen LogP contribution < -0.4 is 0 Å². The van der Waals surface area contributed by atoms with Crippen molar-refractivity contribution in [3.63, 3.8) is 0 Å². The number of carbonyl (C=O) groups excluding carboxylic acids is 1. The first kappa shape index (κ1) is 13.9. The van der Waals surface area contributed by atoms with Crippen molar-refractivity contribution in [2.75, 3.05) is 13.1 Å². The Balaban J connectivity index is 1.72. The van der Waals surface area contributed by atoms with Crippen molar-refractivity contribution in [2.24, 2.45) is 0 Å². The van der Waals surface area contributed by atoms with E-state index in [2.05, 4.69) is 15.1 Å². The molecule has 0 aliphatic carbocycles. The van der Waals surface area contributed by atoms with E-state index in [-0.39, 0.29) is 5.91 Å². The van der Waals surface area contributed by atoms with Crippen LogP contribution in [0.3, 0.4) is 0 Å². The fourth-order valence-corrected chi connectivity index (χ4v) is 2.85. The summed E-state index contributed by atoms with van der Waals surface area (Å²) >= 11 is 0. The second kappa shape index (κ2) is 5.71. The number of hydrogen-bond acceptors (Lipinski definition) is 3. The third-order valence-corrected chi connectivity index (χ3v) is 4.02. The van der Waals surface area contributed by atoms with Crippen molar-refractivity contribution in [1.82, 2.24) is 24.6 Å². The van der Waals surface area contributed by atoms with Crippen molar-refractivity contribution in [3.8, 4) is 0 Å². The van der Waals surface area contributed by atoms with Gasteiger partial charge in [-0.3, -0.25) is 9.48 Å². The maximum atomic E-state index is 12.6. The van der Waals surface area contributed by atoms with Gasteiger partial charge in [0, 0.05) is 43.6 Å². The molecule has 1 amide bonds. The lowest BCUT2D eigenvalue weighted by Crippen LogP contribution is -2.39. The summed E-state index contributed by atoms with van der Waals surface area (Å²) in [5.74, 6) is 1.37. The molecule has 112 valence electrons. The van der Waals surface area contributed by atoms with Gasteiger partial charge in [0.25, 0.3) is 5.91 Å². The molecule has 1 unspecified atom stereocenters.